The van der Waals surface area contributed by atoms with Gasteiger partial charge in [0.25, 0.3) is 15.9 Å². The third-order valence-corrected chi connectivity index (χ3v) is 7.06. The lowest BCUT2D eigenvalue weighted by molar-refractivity contribution is -0.137. The van der Waals surface area contributed by atoms with Gasteiger partial charge >= 0.3 is 5.97 Å². The number of hydrogen-bond acceptors (Lipinski definition) is 6. The number of carboxylic acid groups (broad SMARTS) is 1. The number of carbonyl (C=O) groups excluding carboxylic acids is 1. The molecule has 0 unspecified atom stereocenters. The van der Waals surface area contributed by atoms with Crippen molar-refractivity contribution in [2.24, 2.45) is 0 Å². The average molecular weight is 437 g/mol. The van der Waals surface area contributed by atoms with Crippen LogP contribution in [0.2, 0.25) is 0 Å². The van der Waals surface area contributed by atoms with Crippen LogP contribution in [-0.4, -0.2) is 45.1 Å². The molecule has 1 aliphatic rings. The minimum absolute atomic E-state index is 0.0612. The molecule has 1 fully saturated rings. The van der Waals surface area contributed by atoms with Crippen molar-refractivity contribution in [1.82, 2.24) is 8.87 Å². The lowest BCUT2D eigenvalue weighted by atomic mass is 10.3. The molecule has 2 heterocycles. The Labute approximate surface area is 171 Å². The number of thiocarbonyl (C=S) groups is 1. The molecule has 3 rings (SSSR count). The zero-order valence-corrected chi connectivity index (χ0v) is 17.0. The van der Waals surface area contributed by atoms with Crippen LogP contribution in [0.4, 0.5) is 0 Å². The van der Waals surface area contributed by atoms with Gasteiger partial charge in [0.2, 0.25) is 0 Å². The van der Waals surface area contributed by atoms with E-state index in [0.29, 0.717) is 14.9 Å². The number of hydrogen-bond donors (Lipinski definition) is 1. The molecule has 1 saturated heterocycles. The number of benzene rings is 1. The van der Waals surface area contributed by atoms with Crippen LogP contribution in [0.3, 0.4) is 0 Å². The Kier molecular flexibility index (Phi) is 6.01. The summed E-state index contributed by atoms with van der Waals surface area (Å²) in [6.07, 6.45) is 3.13. The Morgan fingerprint density at radius 3 is 2.57 bits per heavy atom. The smallest absolute Gasteiger partial charge is 0.303 e. The average Bonchev–Trinajstić information content (AvgIpc) is 3.23. The number of rotatable bonds is 7. The van der Waals surface area contributed by atoms with Crippen LogP contribution in [0.15, 0.2) is 58.5 Å². The summed E-state index contributed by atoms with van der Waals surface area (Å²) >= 11 is 6.27. The maximum atomic E-state index is 12.9. The van der Waals surface area contributed by atoms with Gasteiger partial charge in [0.05, 0.1) is 15.5 Å². The summed E-state index contributed by atoms with van der Waals surface area (Å²) in [5.74, 6) is -1.30. The second kappa shape index (κ2) is 8.29. The van der Waals surface area contributed by atoms with Crippen LogP contribution in [0, 0.1) is 0 Å². The van der Waals surface area contributed by atoms with Gasteiger partial charge in [0.15, 0.2) is 0 Å². The van der Waals surface area contributed by atoms with E-state index in [1.54, 1.807) is 30.3 Å². The van der Waals surface area contributed by atoms with Crippen molar-refractivity contribution in [3.05, 3.63) is 59.3 Å². The number of thioether (sulfide) groups is 1. The third kappa shape index (κ3) is 4.18. The highest BCUT2D eigenvalue weighted by Crippen LogP contribution is 2.33. The van der Waals surface area contributed by atoms with Crippen molar-refractivity contribution in [2.45, 2.75) is 17.7 Å². The van der Waals surface area contributed by atoms with Crippen LogP contribution >= 0.6 is 24.0 Å². The van der Waals surface area contributed by atoms with E-state index in [-0.39, 0.29) is 30.2 Å². The van der Waals surface area contributed by atoms with Gasteiger partial charge < -0.3 is 5.11 Å². The fourth-order valence-corrected chi connectivity index (χ4v) is 5.27. The van der Waals surface area contributed by atoms with Crippen molar-refractivity contribution in [1.29, 1.82) is 0 Å². The summed E-state index contributed by atoms with van der Waals surface area (Å²) in [5.41, 5.74) is 0.329. The van der Waals surface area contributed by atoms with Crippen molar-refractivity contribution >= 4 is 56.3 Å². The Morgan fingerprint density at radius 1 is 1.18 bits per heavy atom. The predicted octanol–water partition coefficient (Wildman–Crippen LogP) is 2.79. The molecule has 28 heavy (non-hydrogen) atoms. The Morgan fingerprint density at radius 2 is 1.89 bits per heavy atom. The van der Waals surface area contributed by atoms with Crippen LogP contribution in [0.25, 0.3) is 6.08 Å². The second-order valence-corrected chi connectivity index (χ2v) is 9.37. The van der Waals surface area contributed by atoms with E-state index in [4.69, 9.17) is 17.3 Å². The Hall–Kier alpha value is -2.43. The molecule has 146 valence electrons. The topological polar surface area (TPSA) is 96.7 Å². The summed E-state index contributed by atoms with van der Waals surface area (Å²) in [4.78, 5) is 25.0. The molecule has 1 aromatic heterocycles. The van der Waals surface area contributed by atoms with Crippen molar-refractivity contribution in [3.8, 4) is 0 Å². The van der Waals surface area contributed by atoms with Gasteiger partial charge in [-0.1, -0.05) is 42.2 Å². The lowest BCUT2D eigenvalue weighted by Crippen LogP contribution is -2.29. The van der Waals surface area contributed by atoms with Gasteiger partial charge in [-0.25, -0.2) is 12.4 Å². The maximum Gasteiger partial charge on any atom is 0.303 e. The van der Waals surface area contributed by atoms with E-state index >= 15 is 0 Å². The second-order valence-electron chi connectivity index (χ2n) is 5.88. The molecular weight excluding hydrogens is 420 g/mol. The van der Waals surface area contributed by atoms with Crippen LogP contribution in [0.5, 0.6) is 0 Å². The summed E-state index contributed by atoms with van der Waals surface area (Å²) in [6, 6.07) is 11.2. The van der Waals surface area contributed by atoms with E-state index in [9.17, 15) is 18.0 Å². The van der Waals surface area contributed by atoms with E-state index in [2.05, 4.69) is 0 Å². The fourth-order valence-electron chi connectivity index (χ4n) is 2.63. The molecule has 0 spiro atoms. The van der Waals surface area contributed by atoms with E-state index in [1.165, 1.54) is 29.3 Å². The van der Waals surface area contributed by atoms with Crippen molar-refractivity contribution in [2.75, 3.05) is 6.54 Å². The van der Waals surface area contributed by atoms with E-state index in [0.717, 1.165) is 15.7 Å². The first kappa shape index (κ1) is 20.3. The fraction of sp³-hybridized carbons (Fsp3) is 0.167. The summed E-state index contributed by atoms with van der Waals surface area (Å²) in [7, 11) is -3.80. The molecule has 1 aliphatic heterocycles. The minimum Gasteiger partial charge on any atom is -0.481 e. The number of carbonyl (C=O) groups is 2. The predicted molar refractivity (Wildman–Crippen MR) is 110 cm³/mol. The highest BCUT2D eigenvalue weighted by Gasteiger charge is 2.32. The van der Waals surface area contributed by atoms with Crippen LogP contribution in [-0.2, 0) is 19.6 Å². The van der Waals surface area contributed by atoms with Crippen molar-refractivity contribution < 1.29 is 23.1 Å². The van der Waals surface area contributed by atoms with Gasteiger partial charge in [0, 0.05) is 19.2 Å². The van der Waals surface area contributed by atoms with Crippen molar-refractivity contribution in [3.63, 3.8) is 0 Å². The van der Waals surface area contributed by atoms with E-state index < -0.39 is 16.0 Å². The van der Waals surface area contributed by atoms with Gasteiger partial charge in [-0.05, 0) is 36.8 Å². The number of aliphatic carboxylic acids is 1. The SMILES string of the molecule is O=C(O)CCCN1C(=O)C(=Cc2cccn2S(=O)(=O)c2ccccc2)SC1=S. The molecular formula is C18H16N2O5S3. The Bertz CT molecular complexity index is 1060. The molecule has 1 aromatic carbocycles. The number of carboxylic acids is 1. The summed E-state index contributed by atoms with van der Waals surface area (Å²) in [5, 5.41) is 8.73. The van der Waals surface area contributed by atoms with Gasteiger partial charge in [-0.3, -0.25) is 14.5 Å². The molecule has 1 N–H and O–H groups in total. The summed E-state index contributed by atoms with van der Waals surface area (Å²) in [6.45, 7) is 0.206. The van der Waals surface area contributed by atoms with E-state index in [1.807, 2.05) is 0 Å². The third-order valence-electron chi connectivity index (χ3n) is 3.97. The number of aromatic nitrogens is 1. The molecule has 1 amide bonds. The first-order valence-electron chi connectivity index (χ1n) is 8.26. The molecule has 10 heteroatoms. The molecule has 2 aromatic rings. The standard InChI is InChI=1S/C18H16N2O5S3/c21-16(22)9-5-10-19-17(23)15(27-18(19)26)12-13-6-4-11-20(13)28(24,25)14-7-2-1-3-8-14/h1-4,6-8,11-12H,5,9-10H2,(H,21,22). The quantitative estimate of drug-likeness (QED) is 0.527. The number of nitrogens with zero attached hydrogens (tertiary/aromatic N) is 2. The molecule has 0 atom stereocenters. The zero-order chi connectivity index (χ0) is 20.3. The molecule has 0 saturated carbocycles. The summed E-state index contributed by atoms with van der Waals surface area (Å²) < 4.78 is 27.1. The number of amides is 1. The monoisotopic (exact) mass is 436 g/mol. The van der Waals surface area contributed by atoms with Gasteiger partial charge in [-0.2, -0.15) is 0 Å². The first-order valence-corrected chi connectivity index (χ1v) is 10.9. The minimum atomic E-state index is -3.80. The highest BCUT2D eigenvalue weighted by atomic mass is 32.2. The van der Waals surface area contributed by atoms with Gasteiger partial charge in [0.1, 0.15) is 4.32 Å². The van der Waals surface area contributed by atoms with Crippen LogP contribution < -0.4 is 0 Å². The highest BCUT2D eigenvalue weighted by molar-refractivity contribution is 8.26. The Balaban J connectivity index is 1.86. The maximum absolute atomic E-state index is 12.9. The normalized spacial score (nSPS) is 16.1. The molecule has 0 radical (unpaired) electrons. The first-order chi connectivity index (χ1) is 13.3. The van der Waals surface area contributed by atoms with Crippen LogP contribution in [0.1, 0.15) is 18.5 Å². The zero-order valence-electron chi connectivity index (χ0n) is 14.5. The van der Waals surface area contributed by atoms with Gasteiger partial charge in [-0.15, -0.1) is 0 Å². The molecule has 7 nitrogen and oxygen atoms in total. The molecule has 0 aliphatic carbocycles. The lowest BCUT2D eigenvalue weighted by Gasteiger charge is -2.13. The molecule has 0 bridgehead atoms. The largest absolute Gasteiger partial charge is 0.481 e.